The van der Waals surface area contributed by atoms with E-state index in [9.17, 15) is 4.79 Å². The molecule has 4 rings (SSSR count). The molecular formula is C20H25N5O. The van der Waals surface area contributed by atoms with Crippen LogP contribution >= 0.6 is 0 Å². The van der Waals surface area contributed by atoms with E-state index < -0.39 is 0 Å². The number of amides is 1. The lowest BCUT2D eigenvalue weighted by molar-refractivity contribution is -0.132. The molecule has 136 valence electrons. The predicted octanol–water partition coefficient (Wildman–Crippen LogP) is 1.75. The number of nitrogens with zero attached hydrogens (tertiary/aromatic N) is 5. The van der Waals surface area contributed by atoms with Crippen LogP contribution in [0, 0.1) is 0 Å². The quantitative estimate of drug-likeness (QED) is 0.830. The van der Waals surface area contributed by atoms with Gasteiger partial charge in [-0.05, 0) is 18.9 Å². The Morgan fingerprint density at radius 1 is 1.15 bits per heavy atom. The van der Waals surface area contributed by atoms with Crippen molar-refractivity contribution in [1.82, 2.24) is 14.7 Å². The Labute approximate surface area is 154 Å². The van der Waals surface area contributed by atoms with Crippen molar-refractivity contribution in [3.05, 3.63) is 47.8 Å². The Kier molecular flexibility index (Phi) is 4.73. The van der Waals surface area contributed by atoms with Crippen molar-refractivity contribution in [2.75, 3.05) is 32.7 Å². The highest BCUT2D eigenvalue weighted by molar-refractivity contribution is 6.03. The second-order valence-electron chi connectivity index (χ2n) is 7.06. The lowest BCUT2D eigenvalue weighted by Crippen LogP contribution is -2.48. The molecule has 3 aliphatic rings. The van der Waals surface area contributed by atoms with Crippen LogP contribution in [0.15, 0.2) is 52.2 Å². The van der Waals surface area contributed by atoms with E-state index >= 15 is 0 Å². The standard InChI is InChI=1S/C20H25N5O/c1-16-14-21-19-13-18(22-15-25(16)19)23-9-11-24(12-10-23)20(26)8-7-17-5-3-2-4-6-17/h2-6,13,15-16H,7-12,14H2,1H3/t16-/m0/s1. The van der Waals surface area contributed by atoms with Crippen molar-refractivity contribution in [2.45, 2.75) is 25.8 Å². The highest BCUT2D eigenvalue weighted by Crippen LogP contribution is 2.19. The number of rotatable bonds is 4. The van der Waals surface area contributed by atoms with Crippen LogP contribution in [0.3, 0.4) is 0 Å². The molecule has 0 aromatic heterocycles. The first-order valence-corrected chi connectivity index (χ1v) is 9.36. The molecule has 0 unspecified atom stereocenters. The third-order valence-corrected chi connectivity index (χ3v) is 5.26. The molecule has 1 amide bonds. The molecule has 1 aromatic rings. The fourth-order valence-electron chi connectivity index (χ4n) is 3.60. The van der Waals surface area contributed by atoms with Crippen LogP contribution in [0.5, 0.6) is 0 Å². The molecule has 6 nitrogen and oxygen atoms in total. The maximum absolute atomic E-state index is 12.5. The van der Waals surface area contributed by atoms with E-state index in [0.717, 1.165) is 50.8 Å². The van der Waals surface area contributed by atoms with E-state index in [1.165, 1.54) is 5.56 Å². The van der Waals surface area contributed by atoms with Gasteiger partial charge in [0, 0.05) is 38.7 Å². The second kappa shape index (κ2) is 7.32. The van der Waals surface area contributed by atoms with Gasteiger partial charge in [0.2, 0.25) is 5.91 Å². The molecular weight excluding hydrogens is 326 g/mol. The summed E-state index contributed by atoms with van der Waals surface area (Å²) in [5.41, 5.74) is 1.22. The highest BCUT2D eigenvalue weighted by atomic mass is 16.2. The number of benzene rings is 1. The van der Waals surface area contributed by atoms with Crippen LogP contribution in [-0.4, -0.2) is 71.5 Å². The molecule has 26 heavy (non-hydrogen) atoms. The fraction of sp³-hybridized carbons (Fsp3) is 0.450. The van der Waals surface area contributed by atoms with Gasteiger partial charge in [-0.2, -0.15) is 0 Å². The van der Waals surface area contributed by atoms with E-state index in [1.54, 1.807) is 0 Å². The van der Waals surface area contributed by atoms with Crippen molar-refractivity contribution >= 4 is 18.1 Å². The zero-order valence-electron chi connectivity index (χ0n) is 15.2. The fourth-order valence-corrected chi connectivity index (χ4v) is 3.60. The Balaban J connectivity index is 1.28. The number of carbonyl (C=O) groups is 1. The van der Waals surface area contributed by atoms with Crippen LogP contribution < -0.4 is 0 Å². The van der Waals surface area contributed by atoms with E-state index in [2.05, 4.69) is 44.9 Å². The Bertz CT molecular complexity index is 747. The molecule has 1 fully saturated rings. The zero-order valence-corrected chi connectivity index (χ0v) is 15.2. The molecule has 0 spiro atoms. The van der Waals surface area contributed by atoms with E-state index in [0.29, 0.717) is 12.5 Å². The minimum absolute atomic E-state index is 0.245. The van der Waals surface area contributed by atoms with Gasteiger partial charge in [-0.25, -0.2) is 4.99 Å². The lowest BCUT2D eigenvalue weighted by atomic mass is 10.1. The minimum Gasteiger partial charge on any atom is -0.353 e. The van der Waals surface area contributed by atoms with Gasteiger partial charge in [0.05, 0.1) is 18.9 Å². The van der Waals surface area contributed by atoms with Gasteiger partial charge in [-0.15, -0.1) is 0 Å². The summed E-state index contributed by atoms with van der Waals surface area (Å²) >= 11 is 0. The van der Waals surface area contributed by atoms with Gasteiger partial charge in [-0.3, -0.25) is 9.79 Å². The number of hydrogen-bond donors (Lipinski definition) is 0. The summed E-state index contributed by atoms with van der Waals surface area (Å²) in [5.74, 6) is 2.21. The summed E-state index contributed by atoms with van der Waals surface area (Å²) in [5, 5.41) is 0. The van der Waals surface area contributed by atoms with Gasteiger partial charge in [-0.1, -0.05) is 30.3 Å². The third kappa shape index (κ3) is 3.49. The number of piperazine rings is 1. The minimum atomic E-state index is 0.245. The molecule has 1 saturated heterocycles. The van der Waals surface area contributed by atoms with Crippen molar-refractivity contribution in [2.24, 2.45) is 9.98 Å². The molecule has 0 radical (unpaired) electrons. The normalized spacial score (nSPS) is 22.2. The maximum atomic E-state index is 12.5. The molecule has 3 heterocycles. The van der Waals surface area contributed by atoms with Gasteiger partial charge < -0.3 is 14.7 Å². The van der Waals surface area contributed by atoms with Crippen LogP contribution in [0.2, 0.25) is 0 Å². The number of carbonyl (C=O) groups excluding carboxylic acids is 1. The molecule has 0 N–H and O–H groups in total. The molecule has 0 bridgehead atoms. The first-order chi connectivity index (χ1) is 12.7. The first kappa shape index (κ1) is 16.8. The number of amidine groups is 1. The molecule has 0 saturated carbocycles. The number of aliphatic imine (C=N–C) groups is 2. The van der Waals surface area contributed by atoms with E-state index in [-0.39, 0.29) is 5.91 Å². The van der Waals surface area contributed by atoms with Crippen molar-refractivity contribution in [3.63, 3.8) is 0 Å². The van der Waals surface area contributed by atoms with Crippen molar-refractivity contribution in [3.8, 4) is 0 Å². The summed E-state index contributed by atoms with van der Waals surface area (Å²) in [6, 6.07) is 10.6. The zero-order chi connectivity index (χ0) is 17.9. The average Bonchev–Trinajstić information content (AvgIpc) is 3.07. The number of aryl methyl sites for hydroxylation is 1. The van der Waals surface area contributed by atoms with Gasteiger partial charge in [0.25, 0.3) is 0 Å². The Morgan fingerprint density at radius 2 is 1.92 bits per heavy atom. The Morgan fingerprint density at radius 3 is 2.69 bits per heavy atom. The van der Waals surface area contributed by atoms with Crippen LogP contribution in [0.25, 0.3) is 0 Å². The number of fused-ring (bicyclic) bond motifs is 1. The molecule has 1 atom stereocenters. The predicted molar refractivity (Wildman–Crippen MR) is 103 cm³/mol. The van der Waals surface area contributed by atoms with Gasteiger partial charge >= 0.3 is 0 Å². The summed E-state index contributed by atoms with van der Waals surface area (Å²) in [4.78, 5) is 28.0. The van der Waals surface area contributed by atoms with Crippen molar-refractivity contribution in [1.29, 1.82) is 0 Å². The van der Waals surface area contributed by atoms with Gasteiger partial charge in [0.1, 0.15) is 11.7 Å². The summed E-state index contributed by atoms with van der Waals surface area (Å²) in [6.45, 7) is 6.14. The largest absolute Gasteiger partial charge is 0.353 e. The third-order valence-electron chi connectivity index (χ3n) is 5.26. The van der Waals surface area contributed by atoms with Crippen molar-refractivity contribution < 1.29 is 4.79 Å². The second-order valence-corrected chi connectivity index (χ2v) is 7.06. The van der Waals surface area contributed by atoms with Crippen LogP contribution in [0.1, 0.15) is 18.9 Å². The van der Waals surface area contributed by atoms with Crippen LogP contribution in [0.4, 0.5) is 0 Å². The topological polar surface area (TPSA) is 51.5 Å². The van der Waals surface area contributed by atoms with Gasteiger partial charge in [0.15, 0.2) is 0 Å². The number of hydrogen-bond acceptors (Lipinski definition) is 5. The SMILES string of the molecule is C[C@H]1CN=C2C=C(N3CCN(C(=O)CCc4ccccc4)CC3)N=CN21. The average molecular weight is 351 g/mol. The first-order valence-electron chi connectivity index (χ1n) is 9.36. The lowest BCUT2D eigenvalue weighted by Gasteiger charge is -2.37. The summed E-state index contributed by atoms with van der Waals surface area (Å²) in [7, 11) is 0. The molecule has 1 aromatic carbocycles. The van der Waals surface area contributed by atoms with E-state index in [4.69, 9.17) is 0 Å². The van der Waals surface area contributed by atoms with E-state index in [1.807, 2.05) is 29.4 Å². The highest BCUT2D eigenvalue weighted by Gasteiger charge is 2.27. The molecule has 3 aliphatic heterocycles. The maximum Gasteiger partial charge on any atom is 0.223 e. The monoisotopic (exact) mass is 351 g/mol. The Hall–Kier alpha value is -2.63. The van der Waals surface area contributed by atoms with Crippen LogP contribution in [-0.2, 0) is 11.2 Å². The smallest absolute Gasteiger partial charge is 0.223 e. The summed E-state index contributed by atoms with van der Waals surface area (Å²) in [6.07, 6.45) is 5.34. The summed E-state index contributed by atoms with van der Waals surface area (Å²) < 4.78 is 0. The molecule has 6 heteroatoms. The molecule has 0 aliphatic carbocycles.